The van der Waals surface area contributed by atoms with Crippen LogP contribution >= 0.6 is 0 Å². The molecule has 0 aliphatic heterocycles. The zero-order valence-electron chi connectivity index (χ0n) is 20.1. The van der Waals surface area contributed by atoms with Gasteiger partial charge in [0.15, 0.2) is 0 Å². The molecule has 0 spiro atoms. The second kappa shape index (κ2) is 19.8. The highest BCUT2D eigenvalue weighted by molar-refractivity contribution is 5.66. The van der Waals surface area contributed by atoms with Crippen molar-refractivity contribution in [1.29, 1.82) is 0 Å². The number of hydrogen-bond donors (Lipinski definition) is 2. The largest absolute Gasteiger partial charge is 0.550 e. The zero-order valence-corrected chi connectivity index (χ0v) is 20.1. The van der Waals surface area contributed by atoms with Gasteiger partial charge in [-0.3, -0.25) is 9.59 Å². The normalized spacial score (nSPS) is 11.8. The number of nitrogens with zero attached hydrogens (tertiary/aromatic N) is 1. The number of unbranched alkanes of at least 4 members (excludes halogenated alkanes) is 8. The molecule has 0 radical (unpaired) electrons. The third-order valence-electron chi connectivity index (χ3n) is 5.94. The van der Waals surface area contributed by atoms with Gasteiger partial charge in [0, 0.05) is 18.8 Å². The van der Waals surface area contributed by atoms with Crippen LogP contribution in [0.2, 0.25) is 0 Å². The van der Waals surface area contributed by atoms with Crippen molar-refractivity contribution in [3.63, 3.8) is 0 Å². The Bertz CT molecular complexity index is 491. The average Bonchev–Trinajstić information content (AvgIpc) is 2.73. The van der Waals surface area contributed by atoms with Crippen LogP contribution in [0.4, 0.5) is 0 Å². The van der Waals surface area contributed by atoms with Gasteiger partial charge in [-0.1, -0.05) is 38.7 Å². The fourth-order valence-corrected chi connectivity index (χ4v) is 4.05. The van der Waals surface area contributed by atoms with Gasteiger partial charge in [0.2, 0.25) is 0 Å². The van der Waals surface area contributed by atoms with E-state index in [4.69, 9.17) is 10.2 Å². The molecule has 0 saturated carbocycles. The minimum Gasteiger partial charge on any atom is -0.550 e. The number of aliphatic carboxylic acids is 3. The first-order valence-electron chi connectivity index (χ1n) is 12.4. The van der Waals surface area contributed by atoms with Gasteiger partial charge in [0.1, 0.15) is 0 Å². The van der Waals surface area contributed by atoms with Crippen LogP contribution < -0.4 is 5.11 Å². The number of hydrogen-bond acceptors (Lipinski definition) is 4. The van der Waals surface area contributed by atoms with E-state index in [1.165, 1.54) is 32.1 Å². The lowest BCUT2D eigenvalue weighted by atomic mass is 10.1. The van der Waals surface area contributed by atoms with Crippen molar-refractivity contribution in [2.45, 2.75) is 103 Å². The van der Waals surface area contributed by atoms with Crippen molar-refractivity contribution < 1.29 is 34.2 Å². The number of allylic oxidation sites excluding steroid dienone is 1. The minimum absolute atomic E-state index is 0.0472. The highest BCUT2D eigenvalue weighted by Gasteiger charge is 2.25. The van der Waals surface area contributed by atoms with E-state index in [2.05, 4.69) is 19.1 Å². The molecule has 0 atom stereocenters. The Balaban J connectivity index is 4.95. The van der Waals surface area contributed by atoms with Gasteiger partial charge in [-0.05, 0) is 63.9 Å². The van der Waals surface area contributed by atoms with Crippen molar-refractivity contribution in [3.8, 4) is 0 Å². The second-order valence-corrected chi connectivity index (χ2v) is 8.90. The molecule has 0 bridgehead atoms. The summed E-state index contributed by atoms with van der Waals surface area (Å²) in [4.78, 5) is 32.5. The lowest BCUT2D eigenvalue weighted by Gasteiger charge is -2.38. The Kier molecular flexibility index (Phi) is 18.6. The standard InChI is InChI=1S/C25H45NO6/c1-2-3-4-5-6-7-8-12-19-26(20-13-9-16-23(27)28,21-14-10-17-24(29)30)22-15-11-18-25(31)32/h8,12H,2-7,9-11,13-22H2,1H3,(H2-,27,28,29,30,31,32)/b12-8+. The van der Waals surface area contributed by atoms with Gasteiger partial charge >= 0.3 is 11.9 Å². The predicted molar refractivity (Wildman–Crippen MR) is 124 cm³/mol. The first kappa shape index (κ1) is 30.1. The molecule has 0 rings (SSSR count). The molecule has 0 fully saturated rings. The number of quaternary nitrogens is 1. The SMILES string of the molecule is CCCCCCC/C=C/C[N+](CCCCC(=O)[O-])(CCCCC(=O)O)CCCCC(=O)O. The van der Waals surface area contributed by atoms with Crippen molar-refractivity contribution in [2.75, 3.05) is 26.2 Å². The molecule has 0 aromatic carbocycles. The average molecular weight is 456 g/mol. The van der Waals surface area contributed by atoms with E-state index < -0.39 is 17.9 Å². The van der Waals surface area contributed by atoms with Crippen LogP contribution in [0.1, 0.15) is 103 Å². The summed E-state index contributed by atoms with van der Waals surface area (Å²) in [7, 11) is 0. The van der Waals surface area contributed by atoms with Crippen LogP contribution in [0.5, 0.6) is 0 Å². The molecular formula is C25H45NO6. The quantitative estimate of drug-likeness (QED) is 0.136. The second-order valence-electron chi connectivity index (χ2n) is 8.90. The van der Waals surface area contributed by atoms with Crippen LogP contribution in [0.3, 0.4) is 0 Å². The van der Waals surface area contributed by atoms with E-state index in [9.17, 15) is 19.5 Å². The van der Waals surface area contributed by atoms with Crippen LogP contribution in [0, 0.1) is 0 Å². The predicted octanol–water partition coefficient (Wildman–Crippen LogP) is 4.15. The fraction of sp³-hybridized carbons (Fsp3) is 0.800. The molecule has 0 aromatic heterocycles. The Labute approximate surface area is 194 Å². The van der Waals surface area contributed by atoms with Gasteiger partial charge in [-0.15, -0.1) is 0 Å². The van der Waals surface area contributed by atoms with Crippen molar-refractivity contribution in [2.24, 2.45) is 0 Å². The lowest BCUT2D eigenvalue weighted by Crippen LogP contribution is -2.50. The third kappa shape index (κ3) is 18.8. The van der Waals surface area contributed by atoms with Crippen LogP contribution in [-0.2, 0) is 14.4 Å². The Morgan fingerprint density at radius 3 is 1.66 bits per heavy atom. The highest BCUT2D eigenvalue weighted by Crippen LogP contribution is 2.17. The maximum absolute atomic E-state index is 10.9. The van der Waals surface area contributed by atoms with Crippen molar-refractivity contribution in [1.82, 2.24) is 0 Å². The van der Waals surface area contributed by atoms with Gasteiger partial charge in [0.25, 0.3) is 0 Å². The van der Waals surface area contributed by atoms with E-state index in [0.29, 0.717) is 19.3 Å². The monoisotopic (exact) mass is 455 g/mol. The lowest BCUT2D eigenvalue weighted by molar-refractivity contribution is -0.923. The Morgan fingerprint density at radius 2 is 1.19 bits per heavy atom. The van der Waals surface area contributed by atoms with Gasteiger partial charge < -0.3 is 24.6 Å². The molecule has 186 valence electrons. The molecule has 0 heterocycles. The van der Waals surface area contributed by atoms with Crippen LogP contribution in [-0.4, -0.2) is 58.8 Å². The Hall–Kier alpha value is -1.89. The van der Waals surface area contributed by atoms with E-state index in [0.717, 1.165) is 56.3 Å². The van der Waals surface area contributed by atoms with Gasteiger partial charge in [-0.2, -0.15) is 0 Å². The zero-order chi connectivity index (χ0) is 24.1. The molecule has 0 amide bonds. The number of carbonyl (C=O) groups is 3. The molecular weight excluding hydrogens is 410 g/mol. The maximum Gasteiger partial charge on any atom is 0.303 e. The number of carboxylic acid groups (broad SMARTS) is 3. The molecule has 0 aliphatic carbocycles. The number of carboxylic acids is 3. The number of carbonyl (C=O) groups excluding carboxylic acids is 1. The summed E-state index contributed by atoms with van der Waals surface area (Å²) in [6, 6.07) is 0. The van der Waals surface area contributed by atoms with E-state index in [-0.39, 0.29) is 19.3 Å². The van der Waals surface area contributed by atoms with Crippen LogP contribution in [0.15, 0.2) is 12.2 Å². The van der Waals surface area contributed by atoms with Crippen molar-refractivity contribution in [3.05, 3.63) is 12.2 Å². The molecule has 0 aromatic rings. The molecule has 0 saturated heterocycles. The smallest absolute Gasteiger partial charge is 0.303 e. The molecule has 2 N–H and O–H groups in total. The maximum atomic E-state index is 10.9. The van der Waals surface area contributed by atoms with E-state index in [1.54, 1.807) is 0 Å². The molecule has 0 aliphatic rings. The summed E-state index contributed by atoms with van der Waals surface area (Å²) < 4.78 is 0.763. The molecule has 32 heavy (non-hydrogen) atoms. The fourth-order valence-electron chi connectivity index (χ4n) is 4.05. The van der Waals surface area contributed by atoms with E-state index in [1.807, 2.05) is 0 Å². The van der Waals surface area contributed by atoms with Crippen LogP contribution in [0.25, 0.3) is 0 Å². The van der Waals surface area contributed by atoms with Crippen molar-refractivity contribution >= 4 is 17.9 Å². The Morgan fingerprint density at radius 1 is 0.688 bits per heavy atom. The summed E-state index contributed by atoms with van der Waals surface area (Å²) in [6.07, 6.45) is 16.2. The van der Waals surface area contributed by atoms with Gasteiger partial charge in [-0.25, -0.2) is 0 Å². The topological polar surface area (TPSA) is 115 Å². The molecule has 0 unspecified atom stereocenters. The summed E-state index contributed by atoms with van der Waals surface area (Å²) in [6.45, 7) is 5.49. The van der Waals surface area contributed by atoms with Gasteiger partial charge in [0.05, 0.1) is 26.2 Å². The summed E-state index contributed by atoms with van der Waals surface area (Å²) in [5.74, 6) is -2.61. The highest BCUT2D eigenvalue weighted by atomic mass is 16.4. The molecule has 7 heteroatoms. The van der Waals surface area contributed by atoms with E-state index >= 15 is 0 Å². The minimum atomic E-state index is -1.03. The third-order valence-corrected chi connectivity index (χ3v) is 5.94. The summed E-state index contributed by atoms with van der Waals surface area (Å²) in [5, 5.41) is 28.6. The summed E-state index contributed by atoms with van der Waals surface area (Å²) in [5.41, 5.74) is 0. The number of rotatable bonds is 23. The summed E-state index contributed by atoms with van der Waals surface area (Å²) >= 11 is 0. The molecule has 7 nitrogen and oxygen atoms in total. The first-order chi connectivity index (χ1) is 15.3. The first-order valence-corrected chi connectivity index (χ1v) is 12.4.